The Hall–Kier alpha value is -1.94. The normalized spacial score (nSPS) is 13.9. The first-order valence-electron chi connectivity index (χ1n) is 43.5. The molecular weight excluding hydrogens is 1340 g/mol. The lowest BCUT2D eigenvalue weighted by atomic mass is 10.0. The zero-order valence-electron chi connectivity index (χ0n) is 67.6. The van der Waals surface area contributed by atoms with E-state index < -0.39 is 97.5 Å². The molecule has 0 fully saturated rings. The number of phosphoric ester groups is 2. The van der Waals surface area contributed by atoms with Crippen LogP contribution in [0.15, 0.2) is 0 Å². The maximum atomic E-state index is 13.1. The Labute approximate surface area is 632 Å². The summed E-state index contributed by atoms with van der Waals surface area (Å²) in [5.74, 6) is -0.569. The molecule has 0 aliphatic heterocycles. The second kappa shape index (κ2) is 75.5. The van der Waals surface area contributed by atoms with Crippen molar-refractivity contribution in [1.29, 1.82) is 0 Å². The minimum atomic E-state index is -4.96. The lowest BCUT2D eigenvalue weighted by molar-refractivity contribution is -0.161. The third-order valence-corrected chi connectivity index (χ3v) is 21.6. The van der Waals surface area contributed by atoms with Crippen molar-refractivity contribution in [2.45, 2.75) is 464 Å². The molecule has 5 atom stereocenters. The summed E-state index contributed by atoms with van der Waals surface area (Å²) in [6, 6.07) is 0. The van der Waals surface area contributed by atoms with Crippen molar-refractivity contribution in [1.82, 2.24) is 0 Å². The number of aliphatic hydroxyl groups excluding tert-OH is 1. The zero-order chi connectivity index (χ0) is 75.6. The van der Waals surface area contributed by atoms with E-state index in [-0.39, 0.29) is 25.7 Å². The number of phosphoric acid groups is 2. The highest BCUT2D eigenvalue weighted by Crippen LogP contribution is 2.45. The average Bonchev–Trinajstić information content (AvgIpc) is 0.913. The van der Waals surface area contributed by atoms with Gasteiger partial charge in [0.05, 0.1) is 26.4 Å². The van der Waals surface area contributed by atoms with Crippen molar-refractivity contribution in [3.05, 3.63) is 0 Å². The highest BCUT2D eigenvalue weighted by molar-refractivity contribution is 7.47. The van der Waals surface area contributed by atoms with Gasteiger partial charge in [-0.05, 0) is 37.5 Å². The van der Waals surface area contributed by atoms with Gasteiger partial charge >= 0.3 is 39.5 Å². The number of ether oxygens (including phenoxy) is 4. The van der Waals surface area contributed by atoms with Crippen LogP contribution in [-0.4, -0.2) is 96.7 Å². The summed E-state index contributed by atoms with van der Waals surface area (Å²) in [5.41, 5.74) is 0. The Kier molecular flexibility index (Phi) is 74.1. The van der Waals surface area contributed by atoms with E-state index in [1.165, 1.54) is 263 Å². The van der Waals surface area contributed by atoms with Gasteiger partial charge in [0.1, 0.15) is 19.3 Å². The number of aliphatic hydroxyl groups is 1. The number of hydrogen-bond donors (Lipinski definition) is 3. The molecule has 0 rings (SSSR count). The molecule has 2 unspecified atom stereocenters. The van der Waals surface area contributed by atoms with Gasteiger partial charge in [-0.25, -0.2) is 9.13 Å². The standard InChI is InChI=1S/C84H164O17P2/c1-7-9-11-13-15-17-19-20-21-22-23-24-28-31-34-38-42-49-55-61-67-82(87)95-72-79(100-83(88)68-62-56-50-43-39-35-32-29-26-25-27-30-33-37-40-46-52-58-64-76(3)4)74-98-102(90,91)96-70-78(85)71-97-103(92,93)99-75-80(101-84(89)69-63-57-51-45-44-47-53-59-65-77(5)6)73-94-81(86)66-60-54-48-41-36-18-16-14-12-10-8-2/h76-80,85H,7-75H2,1-6H3,(H,90,91)(H,92,93)/t78-,79-,80-/m1/s1. The average molecular weight is 1510 g/mol. The summed E-state index contributed by atoms with van der Waals surface area (Å²) in [4.78, 5) is 73.1. The number of esters is 4. The molecule has 0 aliphatic rings. The third-order valence-electron chi connectivity index (χ3n) is 19.7. The fraction of sp³-hybridized carbons (Fsp3) is 0.952. The lowest BCUT2D eigenvalue weighted by Crippen LogP contribution is -2.30. The summed E-state index contributed by atoms with van der Waals surface area (Å²) in [7, 11) is -9.92. The summed E-state index contributed by atoms with van der Waals surface area (Å²) in [6.45, 7) is 9.64. The Balaban J connectivity index is 5.20. The van der Waals surface area contributed by atoms with Crippen LogP contribution in [0.4, 0.5) is 0 Å². The zero-order valence-corrected chi connectivity index (χ0v) is 69.4. The van der Waals surface area contributed by atoms with Gasteiger partial charge in [0.15, 0.2) is 12.2 Å². The van der Waals surface area contributed by atoms with E-state index in [0.717, 1.165) is 102 Å². The molecule has 3 N–H and O–H groups in total. The van der Waals surface area contributed by atoms with Gasteiger partial charge in [0, 0.05) is 25.7 Å². The Morgan fingerprint density at radius 3 is 0.660 bits per heavy atom. The second-order valence-electron chi connectivity index (χ2n) is 31.2. The number of carbonyl (C=O) groups excluding carboxylic acids is 4. The van der Waals surface area contributed by atoms with E-state index in [2.05, 4.69) is 41.5 Å². The molecule has 0 radical (unpaired) electrons. The van der Waals surface area contributed by atoms with Crippen LogP contribution in [0.1, 0.15) is 446 Å². The SMILES string of the molecule is CCCCCCCCCCCCCCCCCCCCCCC(=O)OC[C@H](COP(=O)(O)OC[C@@H](O)COP(=O)(O)OC[C@@H](COC(=O)CCCCCCCCCCCCC)OC(=O)CCCCCCCCCCC(C)C)OC(=O)CCCCCCCCCCCCCCCCCCCCC(C)C. The van der Waals surface area contributed by atoms with Crippen LogP contribution in [0.3, 0.4) is 0 Å². The minimum Gasteiger partial charge on any atom is -0.462 e. The highest BCUT2D eigenvalue weighted by atomic mass is 31.2. The Bertz CT molecular complexity index is 1980. The van der Waals surface area contributed by atoms with Gasteiger partial charge in [-0.2, -0.15) is 0 Å². The van der Waals surface area contributed by atoms with Crippen molar-refractivity contribution in [3.8, 4) is 0 Å². The van der Waals surface area contributed by atoms with Crippen LogP contribution < -0.4 is 0 Å². The largest absolute Gasteiger partial charge is 0.472 e. The fourth-order valence-electron chi connectivity index (χ4n) is 13.1. The fourth-order valence-corrected chi connectivity index (χ4v) is 14.6. The van der Waals surface area contributed by atoms with E-state index in [0.29, 0.717) is 25.7 Å². The summed E-state index contributed by atoms with van der Waals surface area (Å²) in [6.07, 6.45) is 66.8. The van der Waals surface area contributed by atoms with E-state index >= 15 is 0 Å². The van der Waals surface area contributed by atoms with Crippen molar-refractivity contribution in [3.63, 3.8) is 0 Å². The molecular formula is C84H164O17P2. The molecule has 0 saturated carbocycles. The molecule has 612 valence electrons. The first-order chi connectivity index (χ1) is 49.9. The Morgan fingerprint density at radius 1 is 0.262 bits per heavy atom. The van der Waals surface area contributed by atoms with Gasteiger partial charge in [-0.1, -0.05) is 395 Å². The summed E-state index contributed by atoms with van der Waals surface area (Å²) < 4.78 is 68.8. The second-order valence-corrected chi connectivity index (χ2v) is 34.1. The quantitative estimate of drug-likeness (QED) is 0.0222. The molecule has 0 aliphatic carbocycles. The third kappa shape index (κ3) is 78.0. The van der Waals surface area contributed by atoms with Crippen LogP contribution in [0, 0.1) is 11.8 Å². The van der Waals surface area contributed by atoms with E-state index in [9.17, 15) is 43.2 Å². The molecule has 0 saturated heterocycles. The van der Waals surface area contributed by atoms with Crippen LogP contribution in [0.5, 0.6) is 0 Å². The van der Waals surface area contributed by atoms with Crippen molar-refractivity contribution in [2.24, 2.45) is 11.8 Å². The topological polar surface area (TPSA) is 237 Å². The van der Waals surface area contributed by atoms with Gasteiger partial charge in [-0.3, -0.25) is 37.3 Å². The van der Waals surface area contributed by atoms with Gasteiger partial charge in [0.25, 0.3) is 0 Å². The molecule has 0 heterocycles. The van der Waals surface area contributed by atoms with E-state index in [1.807, 2.05) is 0 Å². The lowest BCUT2D eigenvalue weighted by Gasteiger charge is -2.21. The number of unbranched alkanes of at least 4 members (excludes halogenated alkanes) is 53. The predicted octanol–water partition coefficient (Wildman–Crippen LogP) is 25.5. The van der Waals surface area contributed by atoms with Crippen LogP contribution in [0.25, 0.3) is 0 Å². The number of rotatable bonds is 83. The minimum absolute atomic E-state index is 0.105. The molecule has 0 aromatic carbocycles. The molecule has 0 aromatic heterocycles. The van der Waals surface area contributed by atoms with Crippen LogP contribution >= 0.6 is 15.6 Å². The summed E-state index contributed by atoms with van der Waals surface area (Å²) >= 11 is 0. The summed E-state index contributed by atoms with van der Waals surface area (Å²) in [5, 5.41) is 10.7. The van der Waals surface area contributed by atoms with E-state index in [1.54, 1.807) is 0 Å². The molecule has 0 spiro atoms. The molecule has 17 nitrogen and oxygen atoms in total. The number of hydrogen-bond acceptors (Lipinski definition) is 15. The van der Waals surface area contributed by atoms with Gasteiger partial charge in [-0.15, -0.1) is 0 Å². The first-order valence-corrected chi connectivity index (χ1v) is 46.5. The smallest absolute Gasteiger partial charge is 0.462 e. The van der Waals surface area contributed by atoms with Gasteiger partial charge < -0.3 is 33.8 Å². The number of carbonyl (C=O) groups is 4. The Morgan fingerprint density at radius 2 is 0.447 bits per heavy atom. The first kappa shape index (κ1) is 101. The van der Waals surface area contributed by atoms with E-state index in [4.69, 9.17) is 37.0 Å². The van der Waals surface area contributed by atoms with Crippen LogP contribution in [-0.2, 0) is 65.4 Å². The van der Waals surface area contributed by atoms with Crippen molar-refractivity contribution >= 4 is 39.5 Å². The van der Waals surface area contributed by atoms with Crippen LogP contribution in [0.2, 0.25) is 0 Å². The monoisotopic (exact) mass is 1510 g/mol. The maximum Gasteiger partial charge on any atom is 0.472 e. The molecule has 19 heteroatoms. The molecule has 103 heavy (non-hydrogen) atoms. The predicted molar refractivity (Wildman–Crippen MR) is 423 cm³/mol. The highest BCUT2D eigenvalue weighted by Gasteiger charge is 2.30. The van der Waals surface area contributed by atoms with Crippen molar-refractivity contribution in [2.75, 3.05) is 39.6 Å². The van der Waals surface area contributed by atoms with Crippen molar-refractivity contribution < 1.29 is 80.2 Å². The molecule has 0 bridgehead atoms. The molecule has 0 aromatic rings. The maximum absolute atomic E-state index is 13.1. The molecule has 0 amide bonds. The van der Waals surface area contributed by atoms with Gasteiger partial charge in [0.2, 0.25) is 0 Å².